The summed E-state index contributed by atoms with van der Waals surface area (Å²) in [6, 6.07) is 7.21. The molecule has 0 radical (unpaired) electrons. The Hall–Kier alpha value is -2.94. The Labute approximate surface area is 158 Å². The number of nitrogens with one attached hydrogen (secondary N) is 2. The quantitative estimate of drug-likeness (QED) is 0.328. The van der Waals surface area contributed by atoms with Gasteiger partial charge in [-0.1, -0.05) is 13.3 Å². The summed E-state index contributed by atoms with van der Waals surface area (Å²) in [5, 5.41) is 17.5. The van der Waals surface area contributed by atoms with E-state index in [1.165, 1.54) is 6.33 Å². The van der Waals surface area contributed by atoms with Gasteiger partial charge >= 0.3 is 5.69 Å². The molecule has 0 bridgehead atoms. The largest absolute Gasteiger partial charge is 0.494 e. The third-order valence-corrected chi connectivity index (χ3v) is 3.71. The van der Waals surface area contributed by atoms with Crippen LogP contribution in [0.2, 0.25) is 0 Å². The van der Waals surface area contributed by atoms with Crippen molar-refractivity contribution in [2.24, 2.45) is 0 Å². The minimum Gasteiger partial charge on any atom is -0.494 e. The molecular weight excluding hydrogens is 350 g/mol. The Morgan fingerprint density at radius 3 is 2.52 bits per heavy atom. The molecule has 2 rings (SSSR count). The van der Waals surface area contributed by atoms with Gasteiger partial charge in [0, 0.05) is 25.9 Å². The van der Waals surface area contributed by atoms with Gasteiger partial charge in [-0.3, -0.25) is 10.1 Å². The van der Waals surface area contributed by atoms with E-state index in [2.05, 4.69) is 27.5 Å². The number of hydrogen-bond donors (Lipinski definition) is 2. The molecule has 0 aliphatic heterocycles. The fraction of sp³-hybridized carbons (Fsp3) is 0.444. The minimum absolute atomic E-state index is 0.129. The molecule has 0 amide bonds. The van der Waals surface area contributed by atoms with Crippen LogP contribution in [0.4, 0.5) is 23.0 Å². The van der Waals surface area contributed by atoms with E-state index in [4.69, 9.17) is 9.47 Å². The number of aromatic nitrogens is 2. The average molecular weight is 375 g/mol. The van der Waals surface area contributed by atoms with Crippen LogP contribution in [0.15, 0.2) is 30.6 Å². The van der Waals surface area contributed by atoms with Crippen molar-refractivity contribution in [3.05, 3.63) is 40.7 Å². The van der Waals surface area contributed by atoms with Crippen molar-refractivity contribution in [1.82, 2.24) is 9.97 Å². The van der Waals surface area contributed by atoms with Gasteiger partial charge < -0.3 is 20.1 Å². The van der Waals surface area contributed by atoms with Gasteiger partial charge in [-0.25, -0.2) is 9.97 Å². The predicted molar refractivity (Wildman–Crippen MR) is 104 cm³/mol. The summed E-state index contributed by atoms with van der Waals surface area (Å²) >= 11 is 0. The summed E-state index contributed by atoms with van der Waals surface area (Å²) in [4.78, 5) is 19.0. The van der Waals surface area contributed by atoms with Crippen LogP contribution in [0, 0.1) is 10.1 Å². The molecule has 27 heavy (non-hydrogen) atoms. The fourth-order valence-corrected chi connectivity index (χ4v) is 2.30. The molecule has 0 saturated heterocycles. The highest BCUT2D eigenvalue weighted by atomic mass is 16.6. The molecule has 0 aliphatic carbocycles. The lowest BCUT2D eigenvalue weighted by atomic mass is 10.3. The lowest BCUT2D eigenvalue weighted by Crippen LogP contribution is -2.10. The van der Waals surface area contributed by atoms with Gasteiger partial charge in [0.05, 0.1) is 11.5 Å². The first kappa shape index (κ1) is 20.4. The Kier molecular flexibility index (Phi) is 8.24. The fourth-order valence-electron chi connectivity index (χ4n) is 2.30. The Morgan fingerprint density at radius 2 is 1.85 bits per heavy atom. The van der Waals surface area contributed by atoms with Crippen LogP contribution in [0.25, 0.3) is 0 Å². The Bertz CT molecular complexity index is 724. The van der Waals surface area contributed by atoms with Crippen LogP contribution in [-0.4, -0.2) is 41.8 Å². The Morgan fingerprint density at radius 1 is 1.11 bits per heavy atom. The number of nitrogens with zero attached hydrogens (tertiary/aromatic N) is 3. The number of nitro groups is 1. The predicted octanol–water partition coefficient (Wildman–Crippen LogP) is 3.76. The van der Waals surface area contributed by atoms with E-state index < -0.39 is 4.92 Å². The molecule has 0 fully saturated rings. The first-order chi connectivity index (χ1) is 13.2. The first-order valence-electron chi connectivity index (χ1n) is 8.87. The zero-order valence-corrected chi connectivity index (χ0v) is 15.6. The molecular formula is C18H25N5O4. The van der Waals surface area contributed by atoms with E-state index in [0.29, 0.717) is 31.9 Å². The van der Waals surface area contributed by atoms with Crippen molar-refractivity contribution in [2.45, 2.75) is 26.2 Å². The molecule has 1 aromatic heterocycles. The molecule has 9 nitrogen and oxygen atoms in total. The second-order valence-electron chi connectivity index (χ2n) is 5.80. The van der Waals surface area contributed by atoms with E-state index in [1.54, 1.807) is 19.2 Å². The zero-order valence-electron chi connectivity index (χ0n) is 15.6. The maximum absolute atomic E-state index is 11.5. The number of rotatable bonds is 12. The monoisotopic (exact) mass is 375 g/mol. The second kappa shape index (κ2) is 10.9. The van der Waals surface area contributed by atoms with Crippen LogP contribution in [0.5, 0.6) is 5.75 Å². The molecule has 0 saturated carbocycles. The third-order valence-electron chi connectivity index (χ3n) is 3.71. The van der Waals surface area contributed by atoms with Gasteiger partial charge in [0.2, 0.25) is 11.6 Å². The van der Waals surface area contributed by atoms with Crippen LogP contribution in [0.1, 0.15) is 26.2 Å². The van der Waals surface area contributed by atoms with Crippen LogP contribution in [0.3, 0.4) is 0 Å². The highest BCUT2D eigenvalue weighted by Crippen LogP contribution is 2.31. The SMILES string of the molecule is CCCCOc1ccc(Nc2ncnc(NCCCOC)c2[N+](=O)[O-])cc1. The van der Waals surface area contributed by atoms with Gasteiger partial charge in [0.1, 0.15) is 12.1 Å². The topological polar surface area (TPSA) is 111 Å². The normalized spacial score (nSPS) is 10.4. The van der Waals surface area contributed by atoms with E-state index in [1.807, 2.05) is 12.1 Å². The molecule has 0 atom stereocenters. The summed E-state index contributed by atoms with van der Waals surface area (Å²) in [5.74, 6) is 1.06. The van der Waals surface area contributed by atoms with Crippen molar-refractivity contribution >= 4 is 23.0 Å². The van der Waals surface area contributed by atoms with Gasteiger partial charge in [-0.2, -0.15) is 0 Å². The van der Waals surface area contributed by atoms with E-state index in [-0.39, 0.29) is 17.3 Å². The van der Waals surface area contributed by atoms with Crippen LogP contribution < -0.4 is 15.4 Å². The highest BCUT2D eigenvalue weighted by molar-refractivity contribution is 5.73. The van der Waals surface area contributed by atoms with Crippen molar-refractivity contribution < 1.29 is 14.4 Å². The third kappa shape index (κ3) is 6.37. The number of ether oxygens (including phenoxy) is 2. The summed E-state index contributed by atoms with van der Waals surface area (Å²) in [7, 11) is 1.61. The molecule has 0 spiro atoms. The summed E-state index contributed by atoms with van der Waals surface area (Å²) in [6.07, 6.45) is 4.06. The summed E-state index contributed by atoms with van der Waals surface area (Å²) in [6.45, 7) is 3.84. The molecule has 1 aromatic carbocycles. The van der Waals surface area contributed by atoms with Crippen molar-refractivity contribution in [1.29, 1.82) is 0 Å². The number of hydrogen-bond acceptors (Lipinski definition) is 8. The van der Waals surface area contributed by atoms with Crippen LogP contribution in [-0.2, 0) is 4.74 Å². The Balaban J connectivity index is 2.09. The van der Waals surface area contributed by atoms with E-state index in [0.717, 1.165) is 18.6 Å². The smallest absolute Gasteiger partial charge is 0.353 e. The average Bonchev–Trinajstić information content (AvgIpc) is 2.67. The maximum atomic E-state index is 11.5. The van der Waals surface area contributed by atoms with Crippen molar-refractivity contribution in [2.75, 3.05) is 37.5 Å². The zero-order chi connectivity index (χ0) is 19.5. The van der Waals surface area contributed by atoms with E-state index >= 15 is 0 Å². The van der Waals surface area contributed by atoms with Gasteiger partial charge in [-0.15, -0.1) is 0 Å². The molecule has 9 heteroatoms. The molecule has 1 heterocycles. The molecule has 0 aliphatic rings. The summed E-state index contributed by atoms with van der Waals surface area (Å²) in [5.41, 5.74) is 0.475. The van der Waals surface area contributed by atoms with Crippen molar-refractivity contribution in [3.63, 3.8) is 0 Å². The van der Waals surface area contributed by atoms with E-state index in [9.17, 15) is 10.1 Å². The molecule has 0 unspecified atom stereocenters. The number of unbranched alkanes of at least 4 members (excludes halogenated alkanes) is 1. The van der Waals surface area contributed by atoms with Crippen molar-refractivity contribution in [3.8, 4) is 5.75 Å². The number of methoxy groups -OCH3 is 1. The molecule has 146 valence electrons. The number of benzene rings is 1. The molecule has 2 N–H and O–H groups in total. The first-order valence-corrected chi connectivity index (χ1v) is 8.87. The van der Waals surface area contributed by atoms with Gasteiger partial charge in [-0.05, 0) is 37.1 Å². The van der Waals surface area contributed by atoms with Gasteiger partial charge in [0.15, 0.2) is 0 Å². The lowest BCUT2D eigenvalue weighted by Gasteiger charge is -2.11. The molecule has 2 aromatic rings. The second-order valence-corrected chi connectivity index (χ2v) is 5.80. The minimum atomic E-state index is -0.497. The highest BCUT2D eigenvalue weighted by Gasteiger charge is 2.22. The lowest BCUT2D eigenvalue weighted by molar-refractivity contribution is -0.383. The maximum Gasteiger partial charge on any atom is 0.353 e. The van der Waals surface area contributed by atoms with Gasteiger partial charge in [0.25, 0.3) is 0 Å². The number of anilines is 3. The van der Waals surface area contributed by atoms with Crippen LogP contribution >= 0.6 is 0 Å². The standard InChI is InChI=1S/C18H25N5O4/c1-3-4-12-27-15-8-6-14(7-9-15)22-18-16(23(24)25)17(20-13-21-18)19-10-5-11-26-2/h6-9,13H,3-5,10-12H2,1-2H3,(H2,19,20,21,22). The summed E-state index contributed by atoms with van der Waals surface area (Å²) < 4.78 is 10.6.